The average Bonchev–Trinajstić information content (AvgIpc) is 2.14. The highest BCUT2D eigenvalue weighted by atomic mass is 13.9. The Balaban J connectivity index is 2.67. The van der Waals surface area contributed by atoms with Gasteiger partial charge in [-0.2, -0.15) is 0 Å². The summed E-state index contributed by atoms with van der Waals surface area (Å²) in [5.74, 6) is 2.56. The number of terminal acetylenes is 1. The summed E-state index contributed by atoms with van der Waals surface area (Å²) in [5, 5.41) is 0. The SMILES string of the molecule is C#CC1=CC=CC1. The van der Waals surface area contributed by atoms with Crippen molar-refractivity contribution in [1.29, 1.82) is 0 Å². The van der Waals surface area contributed by atoms with E-state index in [0.717, 1.165) is 12.0 Å². The van der Waals surface area contributed by atoms with Crippen LogP contribution in [0.4, 0.5) is 0 Å². The van der Waals surface area contributed by atoms with Gasteiger partial charge in [0.25, 0.3) is 0 Å². The zero-order chi connectivity index (χ0) is 5.11. The lowest BCUT2D eigenvalue weighted by molar-refractivity contribution is 1.36. The second kappa shape index (κ2) is 1.66. The van der Waals surface area contributed by atoms with Gasteiger partial charge in [0.05, 0.1) is 0 Å². The van der Waals surface area contributed by atoms with Gasteiger partial charge in [0, 0.05) is 5.57 Å². The van der Waals surface area contributed by atoms with Crippen molar-refractivity contribution in [3.63, 3.8) is 0 Å². The van der Waals surface area contributed by atoms with E-state index < -0.39 is 0 Å². The second-order valence-electron chi connectivity index (χ2n) is 1.47. The minimum Gasteiger partial charge on any atom is -0.115 e. The van der Waals surface area contributed by atoms with Crippen molar-refractivity contribution < 1.29 is 0 Å². The predicted molar refractivity (Wildman–Crippen MR) is 30.7 cm³/mol. The zero-order valence-electron chi connectivity index (χ0n) is 4.02. The summed E-state index contributed by atoms with van der Waals surface area (Å²) >= 11 is 0. The molecule has 0 aliphatic heterocycles. The van der Waals surface area contributed by atoms with E-state index in [-0.39, 0.29) is 0 Å². The number of rotatable bonds is 0. The van der Waals surface area contributed by atoms with E-state index >= 15 is 0 Å². The molecule has 0 aromatic heterocycles. The minimum atomic E-state index is 0.955. The second-order valence-corrected chi connectivity index (χ2v) is 1.47. The van der Waals surface area contributed by atoms with Gasteiger partial charge in [-0.1, -0.05) is 24.1 Å². The van der Waals surface area contributed by atoms with Crippen LogP contribution in [0, 0.1) is 12.3 Å². The van der Waals surface area contributed by atoms with Gasteiger partial charge in [-0.15, -0.1) is 6.42 Å². The summed E-state index contributed by atoms with van der Waals surface area (Å²) in [6, 6.07) is 0. The van der Waals surface area contributed by atoms with E-state index in [1.54, 1.807) is 0 Å². The Morgan fingerprint density at radius 1 is 1.71 bits per heavy atom. The van der Waals surface area contributed by atoms with Crippen LogP contribution >= 0.6 is 0 Å². The van der Waals surface area contributed by atoms with E-state index in [2.05, 4.69) is 12.0 Å². The molecule has 0 bridgehead atoms. The highest BCUT2D eigenvalue weighted by Crippen LogP contribution is 2.06. The minimum absolute atomic E-state index is 0.955. The lowest BCUT2D eigenvalue weighted by Crippen LogP contribution is -1.64. The first-order valence-corrected chi connectivity index (χ1v) is 2.26. The largest absolute Gasteiger partial charge is 0.115 e. The van der Waals surface area contributed by atoms with E-state index in [4.69, 9.17) is 6.42 Å². The Labute approximate surface area is 43.5 Å². The van der Waals surface area contributed by atoms with Crippen molar-refractivity contribution >= 4 is 0 Å². The Kier molecular flexibility index (Phi) is 0.997. The Bertz CT molecular complexity index is 153. The maximum Gasteiger partial charge on any atom is 0.00552 e. The molecule has 34 valence electrons. The van der Waals surface area contributed by atoms with Crippen LogP contribution in [0.25, 0.3) is 0 Å². The predicted octanol–water partition coefficient (Wildman–Crippen LogP) is 1.51. The third kappa shape index (κ3) is 0.721. The summed E-state index contributed by atoms with van der Waals surface area (Å²) in [4.78, 5) is 0. The lowest BCUT2D eigenvalue weighted by Gasteiger charge is -1.78. The molecule has 0 nitrogen and oxygen atoms in total. The molecule has 0 saturated heterocycles. The third-order valence-electron chi connectivity index (χ3n) is 0.957. The first-order chi connectivity index (χ1) is 3.43. The molecule has 0 heteroatoms. The molecule has 0 aromatic carbocycles. The zero-order valence-corrected chi connectivity index (χ0v) is 4.02. The van der Waals surface area contributed by atoms with E-state index in [1.807, 2.05) is 12.2 Å². The Hall–Kier alpha value is -0.960. The van der Waals surface area contributed by atoms with Gasteiger partial charge in [-0.05, 0) is 6.42 Å². The maximum absolute atomic E-state index is 5.08. The quantitative estimate of drug-likeness (QED) is 0.395. The first-order valence-electron chi connectivity index (χ1n) is 2.26. The van der Waals surface area contributed by atoms with Gasteiger partial charge in [-0.25, -0.2) is 0 Å². The summed E-state index contributed by atoms with van der Waals surface area (Å²) in [7, 11) is 0. The average molecular weight is 90.1 g/mol. The standard InChI is InChI=1S/C7H6/c1-2-7-5-3-4-6-7/h1,3-5H,6H2. The molecule has 0 amide bonds. The molecule has 0 heterocycles. The van der Waals surface area contributed by atoms with Crippen molar-refractivity contribution in [3.8, 4) is 12.3 Å². The van der Waals surface area contributed by atoms with Crippen molar-refractivity contribution in [2.75, 3.05) is 0 Å². The monoisotopic (exact) mass is 90.0 g/mol. The van der Waals surface area contributed by atoms with Gasteiger partial charge in [-0.3, -0.25) is 0 Å². The van der Waals surface area contributed by atoms with Crippen molar-refractivity contribution in [2.45, 2.75) is 6.42 Å². The smallest absolute Gasteiger partial charge is 0.00552 e. The summed E-state index contributed by atoms with van der Waals surface area (Å²) in [5.41, 5.74) is 1.08. The van der Waals surface area contributed by atoms with Crippen molar-refractivity contribution in [1.82, 2.24) is 0 Å². The molecule has 1 aliphatic rings. The normalized spacial score (nSPS) is 16.1. The summed E-state index contributed by atoms with van der Waals surface area (Å²) in [6.07, 6.45) is 12.0. The Morgan fingerprint density at radius 2 is 2.57 bits per heavy atom. The molecule has 0 fully saturated rings. The fourth-order valence-electron chi connectivity index (χ4n) is 0.554. The topological polar surface area (TPSA) is 0 Å². The summed E-state index contributed by atoms with van der Waals surface area (Å²) < 4.78 is 0. The number of allylic oxidation sites excluding steroid dienone is 4. The maximum atomic E-state index is 5.08. The van der Waals surface area contributed by atoms with Gasteiger partial charge in [0.1, 0.15) is 0 Å². The molecule has 1 rings (SSSR count). The van der Waals surface area contributed by atoms with Crippen LogP contribution in [0.5, 0.6) is 0 Å². The van der Waals surface area contributed by atoms with E-state index in [9.17, 15) is 0 Å². The van der Waals surface area contributed by atoms with Gasteiger partial charge in [0.2, 0.25) is 0 Å². The third-order valence-corrected chi connectivity index (χ3v) is 0.957. The molecule has 0 saturated carbocycles. The van der Waals surface area contributed by atoms with E-state index in [1.165, 1.54) is 0 Å². The summed E-state index contributed by atoms with van der Waals surface area (Å²) in [6.45, 7) is 0. The Morgan fingerprint density at radius 3 is 2.86 bits per heavy atom. The van der Waals surface area contributed by atoms with Crippen LogP contribution in [0.1, 0.15) is 6.42 Å². The molecule has 0 atom stereocenters. The molecule has 0 aromatic rings. The lowest BCUT2D eigenvalue weighted by atomic mass is 10.2. The van der Waals surface area contributed by atoms with Crippen LogP contribution in [-0.2, 0) is 0 Å². The van der Waals surface area contributed by atoms with Gasteiger partial charge < -0.3 is 0 Å². The van der Waals surface area contributed by atoms with Crippen LogP contribution in [0.15, 0.2) is 23.8 Å². The van der Waals surface area contributed by atoms with Crippen molar-refractivity contribution in [2.24, 2.45) is 0 Å². The fourth-order valence-corrected chi connectivity index (χ4v) is 0.554. The number of hydrogen-bond donors (Lipinski definition) is 0. The van der Waals surface area contributed by atoms with E-state index in [0.29, 0.717) is 0 Å². The van der Waals surface area contributed by atoms with Crippen LogP contribution < -0.4 is 0 Å². The highest BCUT2D eigenvalue weighted by molar-refractivity contribution is 5.35. The molecule has 0 spiro atoms. The number of hydrogen-bond acceptors (Lipinski definition) is 0. The fraction of sp³-hybridized carbons (Fsp3) is 0.143. The van der Waals surface area contributed by atoms with Gasteiger partial charge >= 0.3 is 0 Å². The van der Waals surface area contributed by atoms with Crippen molar-refractivity contribution in [3.05, 3.63) is 23.8 Å². The highest BCUT2D eigenvalue weighted by Gasteiger charge is 1.90. The van der Waals surface area contributed by atoms with Crippen LogP contribution in [-0.4, -0.2) is 0 Å². The van der Waals surface area contributed by atoms with Gasteiger partial charge in [0.15, 0.2) is 0 Å². The molecule has 0 radical (unpaired) electrons. The molecule has 7 heavy (non-hydrogen) atoms. The molecule has 1 aliphatic carbocycles. The van der Waals surface area contributed by atoms with Crippen LogP contribution in [0.3, 0.4) is 0 Å². The van der Waals surface area contributed by atoms with Crippen LogP contribution in [0.2, 0.25) is 0 Å². The molecular weight excluding hydrogens is 84.1 g/mol. The molecule has 0 unspecified atom stereocenters. The molecule has 0 N–H and O–H groups in total. The molecular formula is C7H6. The first kappa shape index (κ1) is 4.21.